The SMILES string of the molecule is O=C(Cc1ccc2c(c1)OCCO2)Nc1ccccc1S(=O)(=O)N1CCCCC1. The number of nitrogens with zero attached hydrogens (tertiary/aromatic N) is 1. The lowest BCUT2D eigenvalue weighted by molar-refractivity contribution is -0.115. The Labute approximate surface area is 170 Å². The summed E-state index contributed by atoms with van der Waals surface area (Å²) in [6.45, 7) is 2.02. The number of para-hydroxylation sites is 1. The Morgan fingerprint density at radius 3 is 2.48 bits per heavy atom. The van der Waals surface area contributed by atoms with Gasteiger partial charge in [0, 0.05) is 13.1 Å². The molecule has 4 rings (SSSR count). The normalized spacial score (nSPS) is 17.0. The van der Waals surface area contributed by atoms with Gasteiger partial charge in [0.2, 0.25) is 15.9 Å². The first kappa shape index (κ1) is 19.7. The summed E-state index contributed by atoms with van der Waals surface area (Å²) in [5.41, 5.74) is 1.07. The lowest BCUT2D eigenvalue weighted by atomic mass is 10.1. The van der Waals surface area contributed by atoms with Crippen molar-refractivity contribution >= 4 is 21.6 Å². The van der Waals surface area contributed by atoms with E-state index in [-0.39, 0.29) is 17.2 Å². The smallest absolute Gasteiger partial charge is 0.245 e. The number of hydrogen-bond acceptors (Lipinski definition) is 5. The first-order chi connectivity index (χ1) is 14.0. The van der Waals surface area contributed by atoms with Gasteiger partial charge < -0.3 is 14.8 Å². The third-order valence-corrected chi connectivity index (χ3v) is 7.02. The quantitative estimate of drug-likeness (QED) is 0.810. The third kappa shape index (κ3) is 4.38. The minimum Gasteiger partial charge on any atom is -0.486 e. The molecule has 29 heavy (non-hydrogen) atoms. The number of amides is 1. The zero-order chi connectivity index (χ0) is 20.3. The van der Waals surface area contributed by atoms with Crippen molar-refractivity contribution < 1.29 is 22.7 Å². The van der Waals surface area contributed by atoms with Gasteiger partial charge in [0.05, 0.1) is 12.1 Å². The van der Waals surface area contributed by atoms with Crippen LogP contribution in [-0.2, 0) is 21.2 Å². The van der Waals surface area contributed by atoms with Crippen molar-refractivity contribution in [2.24, 2.45) is 0 Å². The van der Waals surface area contributed by atoms with Crippen LogP contribution in [0.15, 0.2) is 47.4 Å². The highest BCUT2D eigenvalue weighted by Crippen LogP contribution is 2.31. The topological polar surface area (TPSA) is 84.9 Å². The summed E-state index contributed by atoms with van der Waals surface area (Å²) in [7, 11) is -3.64. The number of sulfonamides is 1. The van der Waals surface area contributed by atoms with Crippen molar-refractivity contribution in [3.8, 4) is 11.5 Å². The maximum absolute atomic E-state index is 13.1. The van der Waals surface area contributed by atoms with Crippen LogP contribution >= 0.6 is 0 Å². The number of nitrogens with one attached hydrogen (secondary N) is 1. The summed E-state index contributed by atoms with van der Waals surface area (Å²) in [5.74, 6) is 0.996. The molecule has 2 aliphatic heterocycles. The van der Waals surface area contributed by atoms with E-state index >= 15 is 0 Å². The van der Waals surface area contributed by atoms with Crippen LogP contribution in [0, 0.1) is 0 Å². The van der Waals surface area contributed by atoms with Gasteiger partial charge in [-0.25, -0.2) is 8.42 Å². The van der Waals surface area contributed by atoms with Crippen molar-refractivity contribution in [1.29, 1.82) is 0 Å². The molecule has 0 radical (unpaired) electrons. The Morgan fingerprint density at radius 2 is 1.69 bits per heavy atom. The molecule has 1 N–H and O–H groups in total. The van der Waals surface area contributed by atoms with Gasteiger partial charge in [-0.2, -0.15) is 4.31 Å². The molecule has 0 aliphatic carbocycles. The predicted octanol–water partition coefficient (Wildman–Crippen LogP) is 2.81. The number of fused-ring (bicyclic) bond motifs is 1. The van der Waals surface area contributed by atoms with E-state index < -0.39 is 10.0 Å². The Balaban J connectivity index is 1.50. The maximum atomic E-state index is 13.1. The highest BCUT2D eigenvalue weighted by atomic mass is 32.2. The number of benzene rings is 2. The molecule has 154 valence electrons. The highest BCUT2D eigenvalue weighted by molar-refractivity contribution is 7.89. The van der Waals surface area contributed by atoms with E-state index in [1.54, 1.807) is 36.4 Å². The zero-order valence-electron chi connectivity index (χ0n) is 16.1. The maximum Gasteiger partial charge on any atom is 0.245 e. The Bertz CT molecular complexity index is 1000. The zero-order valence-corrected chi connectivity index (χ0v) is 16.9. The standard InChI is InChI=1S/C21H24N2O5S/c24-21(15-16-8-9-18-19(14-16)28-13-12-27-18)22-17-6-2-3-7-20(17)29(25,26)23-10-4-1-5-11-23/h2-3,6-9,14H,1,4-5,10-13,15H2,(H,22,24). The number of rotatable bonds is 5. The fraction of sp³-hybridized carbons (Fsp3) is 0.381. The van der Waals surface area contributed by atoms with Crippen molar-refractivity contribution in [1.82, 2.24) is 4.31 Å². The van der Waals surface area contributed by atoms with Gasteiger partial charge in [-0.15, -0.1) is 0 Å². The Hall–Kier alpha value is -2.58. The molecule has 1 saturated heterocycles. The summed E-state index contributed by atoms with van der Waals surface area (Å²) in [6.07, 6.45) is 2.87. The molecule has 1 amide bonds. The molecule has 0 aromatic heterocycles. The first-order valence-corrected chi connectivity index (χ1v) is 11.3. The average molecular weight is 416 g/mol. The van der Waals surface area contributed by atoms with Crippen LogP contribution in [0.5, 0.6) is 11.5 Å². The molecule has 0 unspecified atom stereocenters. The van der Waals surface area contributed by atoms with Crippen molar-refractivity contribution in [3.05, 3.63) is 48.0 Å². The molecule has 8 heteroatoms. The second kappa shape index (κ2) is 8.42. The largest absolute Gasteiger partial charge is 0.486 e. The van der Waals surface area contributed by atoms with Crippen molar-refractivity contribution in [2.75, 3.05) is 31.6 Å². The van der Waals surface area contributed by atoms with Crippen molar-refractivity contribution in [3.63, 3.8) is 0 Å². The lowest BCUT2D eigenvalue weighted by Gasteiger charge is -2.26. The van der Waals surface area contributed by atoms with E-state index in [4.69, 9.17) is 9.47 Å². The molecule has 2 heterocycles. The molecule has 2 aliphatic rings. The van der Waals surface area contributed by atoms with Gasteiger partial charge in [0.15, 0.2) is 11.5 Å². The van der Waals surface area contributed by atoms with Gasteiger partial charge in [-0.1, -0.05) is 24.6 Å². The van der Waals surface area contributed by atoms with Crippen LogP contribution in [-0.4, -0.2) is 44.9 Å². The first-order valence-electron chi connectivity index (χ1n) is 9.81. The van der Waals surface area contributed by atoms with E-state index in [1.807, 2.05) is 6.07 Å². The van der Waals surface area contributed by atoms with Crippen LogP contribution in [0.4, 0.5) is 5.69 Å². The van der Waals surface area contributed by atoms with Crippen LogP contribution < -0.4 is 14.8 Å². The molecule has 2 aromatic rings. The van der Waals surface area contributed by atoms with Gasteiger partial charge in [-0.3, -0.25) is 4.79 Å². The average Bonchev–Trinajstić information content (AvgIpc) is 2.74. The number of anilines is 1. The van der Waals surface area contributed by atoms with Crippen LogP contribution in [0.25, 0.3) is 0 Å². The van der Waals surface area contributed by atoms with Gasteiger partial charge in [-0.05, 0) is 42.7 Å². The van der Waals surface area contributed by atoms with Crippen LogP contribution in [0.1, 0.15) is 24.8 Å². The summed E-state index contributed by atoms with van der Waals surface area (Å²) in [6, 6.07) is 11.9. The molecule has 2 aromatic carbocycles. The number of ether oxygens (including phenoxy) is 2. The molecule has 0 spiro atoms. The molecular weight excluding hydrogens is 392 g/mol. The van der Waals surface area contributed by atoms with Gasteiger partial charge >= 0.3 is 0 Å². The molecular formula is C21H24N2O5S. The monoisotopic (exact) mass is 416 g/mol. The Morgan fingerprint density at radius 1 is 0.966 bits per heavy atom. The number of piperidine rings is 1. The van der Waals surface area contributed by atoms with Crippen LogP contribution in [0.3, 0.4) is 0 Å². The van der Waals surface area contributed by atoms with E-state index in [0.29, 0.717) is 43.5 Å². The summed E-state index contributed by atoms with van der Waals surface area (Å²) in [5, 5.41) is 2.77. The number of carbonyl (C=O) groups excluding carboxylic acids is 1. The summed E-state index contributed by atoms with van der Waals surface area (Å²) in [4.78, 5) is 12.8. The second-order valence-electron chi connectivity index (χ2n) is 7.16. The fourth-order valence-electron chi connectivity index (χ4n) is 3.62. The third-order valence-electron chi connectivity index (χ3n) is 5.07. The molecule has 7 nitrogen and oxygen atoms in total. The number of hydrogen-bond donors (Lipinski definition) is 1. The van der Waals surface area contributed by atoms with E-state index in [9.17, 15) is 13.2 Å². The summed E-state index contributed by atoms with van der Waals surface area (Å²) >= 11 is 0. The predicted molar refractivity (Wildman–Crippen MR) is 109 cm³/mol. The molecule has 1 fully saturated rings. The molecule has 0 saturated carbocycles. The van der Waals surface area contributed by atoms with E-state index in [2.05, 4.69) is 5.32 Å². The van der Waals surface area contributed by atoms with Gasteiger partial charge in [0.1, 0.15) is 18.1 Å². The van der Waals surface area contributed by atoms with Crippen LogP contribution in [0.2, 0.25) is 0 Å². The Kier molecular flexibility index (Phi) is 5.73. The molecule has 0 atom stereocenters. The molecule has 0 bridgehead atoms. The second-order valence-corrected chi connectivity index (χ2v) is 9.07. The minimum absolute atomic E-state index is 0.106. The fourth-order valence-corrected chi connectivity index (χ4v) is 5.28. The minimum atomic E-state index is -3.64. The lowest BCUT2D eigenvalue weighted by Crippen LogP contribution is -2.36. The summed E-state index contributed by atoms with van der Waals surface area (Å²) < 4.78 is 38.7. The van der Waals surface area contributed by atoms with E-state index in [1.165, 1.54) is 4.31 Å². The van der Waals surface area contributed by atoms with Crippen molar-refractivity contribution in [2.45, 2.75) is 30.6 Å². The highest BCUT2D eigenvalue weighted by Gasteiger charge is 2.28. The van der Waals surface area contributed by atoms with Gasteiger partial charge in [0.25, 0.3) is 0 Å². The van der Waals surface area contributed by atoms with E-state index in [0.717, 1.165) is 24.8 Å². The number of carbonyl (C=O) groups is 1.